The van der Waals surface area contributed by atoms with E-state index in [2.05, 4.69) is 15.5 Å². The third-order valence-corrected chi connectivity index (χ3v) is 5.30. The molecule has 1 atom stereocenters. The van der Waals surface area contributed by atoms with Gasteiger partial charge in [0, 0.05) is 5.56 Å². The van der Waals surface area contributed by atoms with Crippen molar-refractivity contribution < 1.29 is 9.90 Å². The first kappa shape index (κ1) is 19.0. The number of amides is 1. The van der Waals surface area contributed by atoms with E-state index in [0.717, 1.165) is 16.7 Å². The molecule has 1 heterocycles. The minimum atomic E-state index is -0.686. The third-order valence-electron chi connectivity index (χ3n) is 4.23. The van der Waals surface area contributed by atoms with Gasteiger partial charge in [0.1, 0.15) is 5.01 Å². The number of anilines is 1. The monoisotopic (exact) mass is 382 g/mol. The molecule has 0 saturated heterocycles. The number of rotatable bonds is 5. The summed E-state index contributed by atoms with van der Waals surface area (Å²) in [5, 5.41) is 21.6. The van der Waals surface area contributed by atoms with Crippen LogP contribution in [0.2, 0.25) is 0 Å². The summed E-state index contributed by atoms with van der Waals surface area (Å²) in [5.41, 5.74) is 8.19. The van der Waals surface area contributed by atoms with E-state index in [1.165, 1.54) is 11.3 Å². The van der Waals surface area contributed by atoms with Gasteiger partial charge in [0.25, 0.3) is 5.91 Å². The molecule has 0 radical (unpaired) electrons. The molecule has 1 aromatic heterocycles. The first-order valence-corrected chi connectivity index (χ1v) is 9.38. The summed E-state index contributed by atoms with van der Waals surface area (Å²) in [4.78, 5) is 12.8. The Kier molecular flexibility index (Phi) is 5.25. The molecule has 0 aliphatic rings. The fraction of sp³-hybridized carbons (Fsp3) is 0.250. The van der Waals surface area contributed by atoms with Crippen LogP contribution in [0.15, 0.2) is 48.5 Å². The van der Waals surface area contributed by atoms with Crippen LogP contribution in [-0.4, -0.2) is 21.2 Å². The summed E-state index contributed by atoms with van der Waals surface area (Å²) < 4.78 is 0. The Morgan fingerprint density at radius 3 is 2.44 bits per heavy atom. The number of carbonyl (C=O) groups is 1. The molecule has 0 aliphatic carbocycles. The zero-order valence-electron chi connectivity index (χ0n) is 15.4. The fourth-order valence-electron chi connectivity index (χ4n) is 2.71. The predicted molar refractivity (Wildman–Crippen MR) is 107 cm³/mol. The summed E-state index contributed by atoms with van der Waals surface area (Å²) in [5.74, 6) is -0.206. The Morgan fingerprint density at radius 2 is 1.81 bits per heavy atom. The highest BCUT2D eigenvalue weighted by Crippen LogP contribution is 2.27. The van der Waals surface area contributed by atoms with Crippen LogP contribution in [-0.2, 0) is 5.54 Å². The smallest absolute Gasteiger partial charge is 0.252 e. The van der Waals surface area contributed by atoms with Crippen LogP contribution in [0.1, 0.15) is 47.8 Å². The maximum atomic E-state index is 12.8. The minimum Gasteiger partial charge on any atom is -0.389 e. The van der Waals surface area contributed by atoms with Gasteiger partial charge in [0.15, 0.2) is 0 Å². The molecule has 0 aliphatic heterocycles. The van der Waals surface area contributed by atoms with E-state index in [-0.39, 0.29) is 5.91 Å². The molecule has 0 fully saturated rings. The van der Waals surface area contributed by atoms with Crippen LogP contribution >= 0.6 is 11.3 Å². The number of nitrogens with one attached hydrogen (secondary N) is 1. The standard InChI is InChI=1S/C20H22N4O2S/c1-12(25)13-6-4-7-14(10-13)15-8-5-9-16(11-15)17(26)22-20(2,3)18-23-24-19(21)27-18/h4-12,25H,1-3H3,(H2,21,24)(H,22,26). The van der Waals surface area contributed by atoms with Crippen molar-refractivity contribution in [3.05, 3.63) is 64.7 Å². The van der Waals surface area contributed by atoms with Crippen molar-refractivity contribution >= 4 is 22.4 Å². The zero-order valence-corrected chi connectivity index (χ0v) is 16.2. The van der Waals surface area contributed by atoms with E-state index in [4.69, 9.17) is 5.73 Å². The summed E-state index contributed by atoms with van der Waals surface area (Å²) >= 11 is 1.25. The Labute approximate surface area is 162 Å². The van der Waals surface area contributed by atoms with Gasteiger partial charge in [-0.2, -0.15) is 0 Å². The lowest BCUT2D eigenvalue weighted by Crippen LogP contribution is -2.41. The molecule has 4 N–H and O–H groups in total. The largest absolute Gasteiger partial charge is 0.389 e. The molecule has 7 heteroatoms. The number of carbonyl (C=O) groups excluding carboxylic acids is 1. The summed E-state index contributed by atoms with van der Waals surface area (Å²) in [6.45, 7) is 5.45. The van der Waals surface area contributed by atoms with Crippen molar-refractivity contribution in [1.82, 2.24) is 15.5 Å². The second-order valence-corrected chi connectivity index (χ2v) is 7.92. The minimum absolute atomic E-state index is 0.206. The van der Waals surface area contributed by atoms with Crippen LogP contribution in [0.5, 0.6) is 0 Å². The highest BCUT2D eigenvalue weighted by Gasteiger charge is 2.27. The highest BCUT2D eigenvalue weighted by molar-refractivity contribution is 7.15. The van der Waals surface area contributed by atoms with Gasteiger partial charge >= 0.3 is 0 Å². The van der Waals surface area contributed by atoms with Gasteiger partial charge in [0.05, 0.1) is 11.6 Å². The Hall–Kier alpha value is -2.77. The summed E-state index contributed by atoms with van der Waals surface area (Å²) in [6.07, 6.45) is -0.545. The van der Waals surface area contributed by atoms with Crippen molar-refractivity contribution in [2.75, 3.05) is 5.73 Å². The molecule has 3 aromatic rings. The molecule has 140 valence electrons. The number of nitrogens with two attached hydrogens (primary N) is 1. The highest BCUT2D eigenvalue weighted by atomic mass is 32.1. The molecule has 2 aromatic carbocycles. The number of nitrogen functional groups attached to an aromatic ring is 1. The van der Waals surface area contributed by atoms with Crippen molar-refractivity contribution in [2.45, 2.75) is 32.4 Å². The van der Waals surface area contributed by atoms with Crippen LogP contribution < -0.4 is 11.1 Å². The van der Waals surface area contributed by atoms with Crippen molar-refractivity contribution in [1.29, 1.82) is 0 Å². The number of hydrogen-bond acceptors (Lipinski definition) is 6. The van der Waals surface area contributed by atoms with Crippen LogP contribution in [0, 0.1) is 0 Å². The van der Waals surface area contributed by atoms with E-state index in [1.807, 2.05) is 56.3 Å². The third kappa shape index (κ3) is 4.32. The van der Waals surface area contributed by atoms with Gasteiger partial charge in [-0.15, -0.1) is 10.2 Å². The van der Waals surface area contributed by atoms with Crippen LogP contribution in [0.3, 0.4) is 0 Å². The number of benzene rings is 2. The predicted octanol–water partition coefficient (Wildman–Crippen LogP) is 3.51. The van der Waals surface area contributed by atoms with Crippen molar-refractivity contribution in [3.63, 3.8) is 0 Å². The Morgan fingerprint density at radius 1 is 1.15 bits per heavy atom. The van der Waals surface area contributed by atoms with Crippen molar-refractivity contribution in [2.24, 2.45) is 0 Å². The van der Waals surface area contributed by atoms with E-state index in [9.17, 15) is 9.90 Å². The summed E-state index contributed by atoms with van der Waals surface area (Å²) in [6, 6.07) is 15.0. The van der Waals surface area contributed by atoms with Crippen LogP contribution in [0.25, 0.3) is 11.1 Å². The first-order chi connectivity index (χ1) is 12.8. The Bertz CT molecular complexity index is 966. The topological polar surface area (TPSA) is 101 Å². The Balaban J connectivity index is 1.85. The molecule has 1 amide bonds. The molecule has 6 nitrogen and oxygen atoms in total. The molecule has 27 heavy (non-hydrogen) atoms. The SMILES string of the molecule is CC(O)c1cccc(-c2cccc(C(=O)NC(C)(C)c3nnc(N)s3)c2)c1. The lowest BCUT2D eigenvalue weighted by atomic mass is 9.99. The molecular formula is C20H22N4O2S. The van der Waals surface area contributed by atoms with Gasteiger partial charge < -0.3 is 16.2 Å². The van der Waals surface area contributed by atoms with Gasteiger partial charge in [-0.3, -0.25) is 4.79 Å². The second-order valence-electron chi connectivity index (χ2n) is 6.91. The number of aromatic nitrogens is 2. The lowest BCUT2D eigenvalue weighted by Gasteiger charge is -2.23. The molecule has 0 spiro atoms. The fourth-order valence-corrected chi connectivity index (χ4v) is 3.38. The quantitative estimate of drug-likeness (QED) is 0.627. The first-order valence-electron chi connectivity index (χ1n) is 8.57. The molecule has 0 saturated carbocycles. The summed E-state index contributed by atoms with van der Waals surface area (Å²) in [7, 11) is 0. The van der Waals surface area contributed by atoms with E-state index in [1.54, 1.807) is 13.0 Å². The van der Waals surface area contributed by atoms with Gasteiger partial charge in [-0.1, -0.05) is 41.7 Å². The molecule has 0 bridgehead atoms. The zero-order chi connectivity index (χ0) is 19.6. The molecule has 1 unspecified atom stereocenters. The normalized spacial score (nSPS) is 12.6. The maximum Gasteiger partial charge on any atom is 0.252 e. The number of hydrogen-bond donors (Lipinski definition) is 3. The van der Waals surface area contributed by atoms with Gasteiger partial charge in [-0.05, 0) is 55.7 Å². The number of aliphatic hydroxyl groups excluding tert-OH is 1. The lowest BCUT2D eigenvalue weighted by molar-refractivity contribution is 0.0911. The number of aliphatic hydroxyl groups is 1. The maximum absolute atomic E-state index is 12.8. The van der Waals surface area contributed by atoms with E-state index < -0.39 is 11.6 Å². The van der Waals surface area contributed by atoms with Crippen molar-refractivity contribution in [3.8, 4) is 11.1 Å². The van der Waals surface area contributed by atoms with E-state index >= 15 is 0 Å². The van der Waals surface area contributed by atoms with Crippen LogP contribution in [0.4, 0.5) is 5.13 Å². The average molecular weight is 382 g/mol. The van der Waals surface area contributed by atoms with Gasteiger partial charge in [-0.25, -0.2) is 0 Å². The average Bonchev–Trinajstić information content (AvgIpc) is 3.09. The van der Waals surface area contributed by atoms with E-state index in [0.29, 0.717) is 15.7 Å². The number of nitrogens with zero attached hydrogens (tertiary/aromatic N) is 2. The van der Waals surface area contributed by atoms with Gasteiger partial charge in [0.2, 0.25) is 5.13 Å². The molecular weight excluding hydrogens is 360 g/mol. The second kappa shape index (κ2) is 7.46. The molecule has 3 rings (SSSR count).